The summed E-state index contributed by atoms with van der Waals surface area (Å²) < 4.78 is 12.3. The number of para-hydroxylation sites is 1. The molecule has 1 aromatic heterocycles. The summed E-state index contributed by atoms with van der Waals surface area (Å²) in [5, 5.41) is 2.02. The molecule has 0 fully saturated rings. The number of ether oxygens (including phenoxy) is 2. The lowest BCUT2D eigenvalue weighted by atomic mass is 9.94. The number of fused-ring (bicyclic) bond motifs is 2. The Balaban J connectivity index is 1.79. The number of hydrogen-bond acceptors (Lipinski definition) is 7. The van der Waals surface area contributed by atoms with Crippen molar-refractivity contribution in [1.82, 2.24) is 4.98 Å². The Bertz CT molecular complexity index is 1390. The molecule has 3 aromatic carbocycles. The molecule has 0 spiro atoms. The van der Waals surface area contributed by atoms with Gasteiger partial charge in [-0.1, -0.05) is 48.2 Å². The van der Waals surface area contributed by atoms with Gasteiger partial charge >= 0.3 is 11.9 Å². The number of carbonyl (C=O) groups excluding carboxylic acids is 2. The predicted molar refractivity (Wildman–Crippen MR) is 144 cm³/mol. The van der Waals surface area contributed by atoms with Crippen LogP contribution < -0.4 is 0 Å². The van der Waals surface area contributed by atoms with Crippen molar-refractivity contribution >= 4 is 68.2 Å². The highest BCUT2D eigenvalue weighted by Crippen LogP contribution is 2.36. The Labute approximate surface area is 212 Å². The van der Waals surface area contributed by atoms with Gasteiger partial charge in [-0.15, -0.1) is 11.3 Å². The normalized spacial score (nSPS) is 11.6. The minimum Gasteiger partial charge on any atom is -0.463 e. The fourth-order valence-corrected chi connectivity index (χ4v) is 5.81. The summed E-state index contributed by atoms with van der Waals surface area (Å²) in [6.45, 7) is 4.18. The van der Waals surface area contributed by atoms with Crippen molar-refractivity contribution in [3.63, 3.8) is 0 Å². The maximum Gasteiger partial charge on any atom is 0.330 e. The molecule has 0 saturated heterocycles. The van der Waals surface area contributed by atoms with Gasteiger partial charge in [0.1, 0.15) is 0 Å². The third-order valence-electron chi connectivity index (χ3n) is 5.21. The average Bonchev–Trinajstić information content (AvgIpc) is 3.28. The summed E-state index contributed by atoms with van der Waals surface area (Å²) in [4.78, 5) is 28.9. The lowest BCUT2D eigenvalue weighted by molar-refractivity contribution is -0.138. The molecular weight excluding hydrogens is 478 g/mol. The number of benzene rings is 3. The van der Waals surface area contributed by atoms with Crippen LogP contribution in [0.1, 0.15) is 30.5 Å². The molecule has 1 heterocycles. The van der Waals surface area contributed by atoms with Gasteiger partial charge in [0.15, 0.2) is 4.34 Å². The second kappa shape index (κ2) is 11.8. The number of rotatable bonds is 9. The number of carbonyl (C=O) groups is 2. The van der Waals surface area contributed by atoms with E-state index in [0.717, 1.165) is 42.0 Å². The van der Waals surface area contributed by atoms with E-state index in [4.69, 9.17) is 14.5 Å². The van der Waals surface area contributed by atoms with Crippen LogP contribution in [0, 0.1) is 0 Å². The lowest BCUT2D eigenvalue weighted by Crippen LogP contribution is -2.01. The molecule has 7 heteroatoms. The first-order chi connectivity index (χ1) is 17.1. The molecule has 0 aliphatic heterocycles. The van der Waals surface area contributed by atoms with Crippen LogP contribution in [0.4, 0.5) is 0 Å². The van der Waals surface area contributed by atoms with Crippen LogP contribution in [0.25, 0.3) is 33.1 Å². The maximum atomic E-state index is 12.1. The monoisotopic (exact) mass is 503 g/mol. The van der Waals surface area contributed by atoms with Crippen LogP contribution >= 0.6 is 23.1 Å². The van der Waals surface area contributed by atoms with Crippen LogP contribution in [0.3, 0.4) is 0 Å². The van der Waals surface area contributed by atoms with Crippen LogP contribution in [0.5, 0.6) is 0 Å². The van der Waals surface area contributed by atoms with Gasteiger partial charge in [0, 0.05) is 17.9 Å². The molecule has 0 bridgehead atoms. The first kappa shape index (κ1) is 24.7. The largest absolute Gasteiger partial charge is 0.463 e. The SMILES string of the molecule is CCOC(=O)/C=C/c1cc2ccccc2c(/C=C/C(=O)OCC)c1CSc1nc2ccccc2s1. The smallest absolute Gasteiger partial charge is 0.330 e. The number of thioether (sulfide) groups is 1. The molecule has 4 rings (SSSR count). The van der Waals surface area contributed by atoms with Crippen molar-refractivity contribution in [2.24, 2.45) is 0 Å². The van der Waals surface area contributed by atoms with Crippen molar-refractivity contribution in [2.75, 3.05) is 13.2 Å². The number of aromatic nitrogens is 1. The molecule has 0 unspecified atom stereocenters. The van der Waals surface area contributed by atoms with Crippen molar-refractivity contribution in [3.8, 4) is 0 Å². The van der Waals surface area contributed by atoms with Gasteiger partial charge in [-0.05, 0) is 71.7 Å². The Morgan fingerprint density at radius 1 is 0.943 bits per heavy atom. The van der Waals surface area contributed by atoms with Gasteiger partial charge in [-0.3, -0.25) is 0 Å². The molecule has 0 radical (unpaired) electrons. The third-order valence-corrected chi connectivity index (χ3v) is 7.41. The lowest BCUT2D eigenvalue weighted by Gasteiger charge is -2.14. The van der Waals surface area contributed by atoms with E-state index in [1.54, 1.807) is 49.1 Å². The van der Waals surface area contributed by atoms with E-state index in [0.29, 0.717) is 19.0 Å². The van der Waals surface area contributed by atoms with Gasteiger partial charge in [0.05, 0.1) is 23.4 Å². The molecule has 0 aliphatic carbocycles. The number of thiazole rings is 1. The van der Waals surface area contributed by atoms with E-state index >= 15 is 0 Å². The molecular formula is C28H25NO4S2. The topological polar surface area (TPSA) is 65.5 Å². The van der Waals surface area contributed by atoms with Crippen LogP contribution in [-0.2, 0) is 24.8 Å². The van der Waals surface area contributed by atoms with Gasteiger partial charge in [-0.2, -0.15) is 0 Å². The average molecular weight is 504 g/mol. The Kier molecular flexibility index (Phi) is 8.34. The van der Waals surface area contributed by atoms with Gasteiger partial charge < -0.3 is 9.47 Å². The van der Waals surface area contributed by atoms with E-state index in [1.165, 1.54) is 12.2 Å². The quantitative estimate of drug-likeness (QED) is 0.141. The standard InChI is InChI=1S/C28H25NO4S2/c1-3-32-26(30)15-13-20-17-19-9-5-6-10-21(19)22(14-16-27(31)33-4-2)23(20)18-34-28-29-24-11-7-8-12-25(24)35-28/h5-17H,3-4,18H2,1-2H3/b15-13+,16-14+. The molecule has 0 amide bonds. The summed E-state index contributed by atoms with van der Waals surface area (Å²) in [7, 11) is 0. The number of esters is 2. The zero-order valence-corrected chi connectivity index (χ0v) is 21.2. The molecule has 35 heavy (non-hydrogen) atoms. The van der Waals surface area contributed by atoms with Crippen molar-refractivity contribution in [1.29, 1.82) is 0 Å². The maximum absolute atomic E-state index is 12.1. The van der Waals surface area contributed by atoms with Crippen LogP contribution in [-0.4, -0.2) is 30.1 Å². The van der Waals surface area contributed by atoms with Gasteiger partial charge in [0.25, 0.3) is 0 Å². The summed E-state index contributed by atoms with van der Waals surface area (Å²) in [6, 6.07) is 18.1. The first-order valence-electron chi connectivity index (χ1n) is 11.3. The number of nitrogens with zero attached hydrogens (tertiary/aromatic N) is 1. The van der Waals surface area contributed by atoms with Crippen LogP contribution in [0.2, 0.25) is 0 Å². The summed E-state index contributed by atoms with van der Waals surface area (Å²) >= 11 is 3.28. The fraction of sp³-hybridized carbons (Fsp3) is 0.179. The molecule has 0 atom stereocenters. The Hall–Kier alpha value is -3.42. The van der Waals surface area contributed by atoms with E-state index in [9.17, 15) is 9.59 Å². The van der Waals surface area contributed by atoms with E-state index in [1.807, 2.05) is 42.5 Å². The number of hydrogen-bond donors (Lipinski definition) is 0. The summed E-state index contributed by atoms with van der Waals surface area (Å²) in [5.74, 6) is -0.182. The van der Waals surface area contributed by atoms with Gasteiger partial charge in [0.2, 0.25) is 0 Å². The first-order valence-corrected chi connectivity index (χ1v) is 13.1. The van der Waals surface area contributed by atoms with E-state index in [2.05, 4.69) is 12.1 Å². The van der Waals surface area contributed by atoms with Crippen molar-refractivity contribution in [2.45, 2.75) is 23.9 Å². The minimum atomic E-state index is -0.395. The fourth-order valence-electron chi connectivity index (χ4n) is 3.68. The summed E-state index contributed by atoms with van der Waals surface area (Å²) in [5.41, 5.74) is 3.76. The van der Waals surface area contributed by atoms with E-state index in [-0.39, 0.29) is 0 Å². The summed E-state index contributed by atoms with van der Waals surface area (Å²) in [6.07, 6.45) is 6.48. The van der Waals surface area contributed by atoms with E-state index < -0.39 is 11.9 Å². The van der Waals surface area contributed by atoms with Gasteiger partial charge in [-0.25, -0.2) is 14.6 Å². The highest BCUT2D eigenvalue weighted by molar-refractivity contribution is 8.00. The highest BCUT2D eigenvalue weighted by Gasteiger charge is 2.14. The molecule has 0 aliphatic rings. The minimum absolute atomic E-state index is 0.312. The molecule has 0 N–H and O–H groups in total. The predicted octanol–water partition coefficient (Wildman–Crippen LogP) is 6.89. The zero-order valence-electron chi connectivity index (χ0n) is 19.5. The molecule has 178 valence electrons. The molecule has 4 aromatic rings. The van der Waals surface area contributed by atoms with Crippen molar-refractivity contribution < 1.29 is 19.1 Å². The van der Waals surface area contributed by atoms with Crippen molar-refractivity contribution in [3.05, 3.63) is 83.4 Å². The highest BCUT2D eigenvalue weighted by atomic mass is 32.2. The Morgan fingerprint density at radius 2 is 1.63 bits per heavy atom. The zero-order chi connectivity index (χ0) is 24.6. The Morgan fingerprint density at radius 3 is 2.37 bits per heavy atom. The molecule has 5 nitrogen and oxygen atoms in total. The molecule has 0 saturated carbocycles. The third kappa shape index (κ3) is 6.18. The second-order valence-corrected chi connectivity index (χ2v) is 9.74. The second-order valence-electron chi connectivity index (χ2n) is 7.49. The van der Waals surface area contributed by atoms with Crippen LogP contribution in [0.15, 0.2) is 71.1 Å².